The average Bonchev–Trinajstić information content (AvgIpc) is 2.39. The molecule has 1 aliphatic carbocycles. The smallest absolute Gasteiger partial charge is 0.211 e. The highest BCUT2D eigenvalue weighted by atomic mass is 79.9. The minimum Gasteiger partial charge on any atom is -0.211 e. The second kappa shape index (κ2) is 6.37. The summed E-state index contributed by atoms with van der Waals surface area (Å²) in [5.41, 5.74) is 0. The minimum atomic E-state index is -3.36. The van der Waals surface area contributed by atoms with Crippen LogP contribution in [0.1, 0.15) is 32.6 Å². The molecule has 0 unspecified atom stereocenters. The molecule has 0 amide bonds. The van der Waals surface area contributed by atoms with Gasteiger partial charge in [-0.15, -0.1) is 0 Å². The van der Waals surface area contributed by atoms with Gasteiger partial charge >= 0.3 is 0 Å². The third-order valence-electron chi connectivity index (χ3n) is 3.82. The fraction of sp³-hybridized carbons (Fsp3) is 0.571. The lowest BCUT2D eigenvalue weighted by Gasteiger charge is -2.26. The second-order valence-corrected chi connectivity index (χ2v) is 8.11. The topological polar surface area (TPSA) is 46.2 Å². The van der Waals surface area contributed by atoms with Crippen LogP contribution in [0.4, 0.5) is 0 Å². The second-order valence-electron chi connectivity index (χ2n) is 5.43. The van der Waals surface area contributed by atoms with E-state index in [4.69, 9.17) is 0 Å². The number of hydrogen-bond donors (Lipinski definition) is 1. The summed E-state index contributed by atoms with van der Waals surface area (Å²) < 4.78 is 27.9. The molecule has 106 valence electrons. The van der Waals surface area contributed by atoms with Crippen LogP contribution in [0.3, 0.4) is 0 Å². The number of hydrogen-bond acceptors (Lipinski definition) is 2. The van der Waals surface area contributed by atoms with E-state index in [9.17, 15) is 8.42 Å². The summed E-state index contributed by atoms with van der Waals surface area (Å²) in [5, 5.41) is 0. The van der Waals surface area contributed by atoms with Crippen LogP contribution in [0.25, 0.3) is 0 Å². The highest BCUT2D eigenvalue weighted by Gasteiger charge is 2.21. The van der Waals surface area contributed by atoms with Gasteiger partial charge < -0.3 is 0 Å². The molecule has 1 aromatic rings. The van der Waals surface area contributed by atoms with E-state index in [1.165, 1.54) is 12.8 Å². The van der Waals surface area contributed by atoms with Crippen molar-refractivity contribution in [2.75, 3.05) is 6.54 Å². The van der Waals surface area contributed by atoms with Crippen molar-refractivity contribution < 1.29 is 8.42 Å². The molecule has 1 saturated carbocycles. The van der Waals surface area contributed by atoms with Gasteiger partial charge in [0.15, 0.2) is 0 Å². The highest BCUT2D eigenvalue weighted by molar-refractivity contribution is 9.10. The molecular weight excluding hydrogens is 326 g/mol. The number of nitrogens with one attached hydrogen (secondary N) is 1. The zero-order valence-electron chi connectivity index (χ0n) is 11.1. The SMILES string of the molecule is CC1CCC(CNS(=O)(=O)c2ccc(Br)cc2)CC1. The Morgan fingerprint density at radius 1 is 1.16 bits per heavy atom. The number of rotatable bonds is 4. The third kappa shape index (κ3) is 4.29. The average molecular weight is 346 g/mol. The highest BCUT2D eigenvalue weighted by Crippen LogP contribution is 2.28. The molecule has 0 aromatic heterocycles. The first-order valence-corrected chi connectivity index (χ1v) is 9.00. The Balaban J connectivity index is 1.92. The Labute approximate surface area is 124 Å². The summed E-state index contributed by atoms with van der Waals surface area (Å²) in [6.07, 6.45) is 4.68. The Morgan fingerprint density at radius 2 is 1.74 bits per heavy atom. The molecule has 3 nitrogen and oxygen atoms in total. The van der Waals surface area contributed by atoms with Crippen molar-refractivity contribution in [3.8, 4) is 0 Å². The standard InChI is InChI=1S/C14H20BrNO2S/c1-11-2-4-12(5-3-11)10-16-19(17,18)14-8-6-13(15)7-9-14/h6-9,11-12,16H,2-5,10H2,1H3. The molecule has 0 spiro atoms. The Bertz CT molecular complexity index is 505. The monoisotopic (exact) mass is 345 g/mol. The zero-order valence-corrected chi connectivity index (χ0v) is 13.5. The summed E-state index contributed by atoms with van der Waals surface area (Å²) in [7, 11) is -3.36. The maximum atomic E-state index is 12.1. The summed E-state index contributed by atoms with van der Waals surface area (Å²) in [5.74, 6) is 1.28. The quantitative estimate of drug-likeness (QED) is 0.906. The molecule has 0 aliphatic heterocycles. The molecule has 0 radical (unpaired) electrons. The van der Waals surface area contributed by atoms with Gasteiger partial charge in [-0.05, 0) is 48.9 Å². The molecule has 5 heteroatoms. The molecule has 1 aromatic carbocycles. The van der Waals surface area contributed by atoms with Crippen molar-refractivity contribution in [3.63, 3.8) is 0 Å². The van der Waals surface area contributed by atoms with Crippen molar-refractivity contribution in [2.45, 2.75) is 37.5 Å². The summed E-state index contributed by atoms with van der Waals surface area (Å²) in [6, 6.07) is 6.73. The predicted molar refractivity (Wildman–Crippen MR) is 80.5 cm³/mol. The van der Waals surface area contributed by atoms with E-state index in [0.29, 0.717) is 17.4 Å². The Hall–Kier alpha value is -0.390. The predicted octanol–water partition coefficient (Wildman–Crippen LogP) is 3.55. The maximum Gasteiger partial charge on any atom is 0.240 e. The normalized spacial score (nSPS) is 24.3. The van der Waals surface area contributed by atoms with E-state index in [2.05, 4.69) is 27.6 Å². The van der Waals surface area contributed by atoms with E-state index < -0.39 is 10.0 Å². The van der Waals surface area contributed by atoms with Crippen LogP contribution in [0, 0.1) is 11.8 Å². The van der Waals surface area contributed by atoms with Crippen LogP contribution < -0.4 is 4.72 Å². The van der Waals surface area contributed by atoms with E-state index >= 15 is 0 Å². The first-order valence-electron chi connectivity index (χ1n) is 6.72. The van der Waals surface area contributed by atoms with Crippen molar-refractivity contribution in [3.05, 3.63) is 28.7 Å². The Kier molecular flexibility index (Phi) is 5.03. The minimum absolute atomic E-state index is 0.333. The van der Waals surface area contributed by atoms with Crippen LogP contribution >= 0.6 is 15.9 Å². The molecular formula is C14H20BrNO2S. The van der Waals surface area contributed by atoms with Gasteiger partial charge in [0.25, 0.3) is 0 Å². The van der Waals surface area contributed by atoms with Crippen LogP contribution in [0.2, 0.25) is 0 Å². The molecule has 0 atom stereocenters. The van der Waals surface area contributed by atoms with Gasteiger partial charge in [-0.3, -0.25) is 0 Å². The van der Waals surface area contributed by atoms with Gasteiger partial charge in [0, 0.05) is 11.0 Å². The van der Waals surface area contributed by atoms with Crippen LogP contribution in [-0.4, -0.2) is 15.0 Å². The largest absolute Gasteiger partial charge is 0.240 e. The lowest BCUT2D eigenvalue weighted by molar-refractivity contribution is 0.290. The van der Waals surface area contributed by atoms with Gasteiger partial charge in [0.05, 0.1) is 4.90 Å². The van der Waals surface area contributed by atoms with E-state index in [1.54, 1.807) is 24.3 Å². The summed E-state index contributed by atoms with van der Waals surface area (Å²) >= 11 is 3.30. The maximum absolute atomic E-state index is 12.1. The van der Waals surface area contributed by atoms with E-state index in [1.807, 2.05) is 0 Å². The van der Waals surface area contributed by atoms with Gasteiger partial charge in [-0.25, -0.2) is 13.1 Å². The first kappa shape index (κ1) is 15.0. The van der Waals surface area contributed by atoms with Crippen molar-refractivity contribution in [1.29, 1.82) is 0 Å². The fourth-order valence-electron chi connectivity index (χ4n) is 2.46. The molecule has 1 fully saturated rings. The van der Waals surface area contributed by atoms with Gasteiger partial charge in [-0.1, -0.05) is 35.7 Å². The van der Waals surface area contributed by atoms with Gasteiger partial charge in [0.2, 0.25) is 10.0 Å². The number of benzene rings is 1. The van der Waals surface area contributed by atoms with Crippen LogP contribution in [-0.2, 0) is 10.0 Å². The van der Waals surface area contributed by atoms with Crippen molar-refractivity contribution >= 4 is 26.0 Å². The summed E-state index contributed by atoms with van der Waals surface area (Å²) in [4.78, 5) is 0.333. The fourth-order valence-corrected chi connectivity index (χ4v) is 3.84. The van der Waals surface area contributed by atoms with Gasteiger partial charge in [-0.2, -0.15) is 0 Å². The zero-order chi connectivity index (χ0) is 13.9. The Morgan fingerprint density at radius 3 is 2.32 bits per heavy atom. The molecule has 0 bridgehead atoms. The number of sulfonamides is 1. The molecule has 1 N–H and O–H groups in total. The van der Waals surface area contributed by atoms with Crippen molar-refractivity contribution in [2.24, 2.45) is 11.8 Å². The third-order valence-corrected chi connectivity index (χ3v) is 5.79. The first-order chi connectivity index (χ1) is 8.97. The lowest BCUT2D eigenvalue weighted by Crippen LogP contribution is -2.31. The molecule has 1 aliphatic rings. The van der Waals surface area contributed by atoms with Gasteiger partial charge in [0.1, 0.15) is 0 Å². The van der Waals surface area contributed by atoms with E-state index in [0.717, 1.165) is 23.2 Å². The molecule has 0 heterocycles. The van der Waals surface area contributed by atoms with Crippen molar-refractivity contribution in [1.82, 2.24) is 4.72 Å². The number of halogens is 1. The van der Waals surface area contributed by atoms with E-state index in [-0.39, 0.29) is 0 Å². The molecule has 0 saturated heterocycles. The lowest BCUT2D eigenvalue weighted by atomic mass is 9.83. The summed E-state index contributed by atoms with van der Waals surface area (Å²) in [6.45, 7) is 2.83. The molecule has 2 rings (SSSR count). The van der Waals surface area contributed by atoms with Crippen LogP contribution in [0.5, 0.6) is 0 Å². The molecule has 19 heavy (non-hydrogen) atoms. The van der Waals surface area contributed by atoms with Crippen LogP contribution in [0.15, 0.2) is 33.6 Å².